The summed E-state index contributed by atoms with van der Waals surface area (Å²) in [6, 6.07) is 6.51. The lowest BCUT2D eigenvalue weighted by Crippen LogP contribution is -2.12. The molecule has 1 rings (SSSR count). The smallest absolute Gasteiger partial charge is 0.337 e. The van der Waals surface area contributed by atoms with Gasteiger partial charge in [-0.2, -0.15) is 0 Å². The quantitative estimate of drug-likeness (QED) is 0.619. The third-order valence-corrected chi connectivity index (χ3v) is 2.75. The summed E-state index contributed by atoms with van der Waals surface area (Å²) in [5.41, 5.74) is 0.904. The van der Waals surface area contributed by atoms with E-state index >= 15 is 0 Å². The second-order valence-electron chi connectivity index (χ2n) is 4.44. The highest BCUT2D eigenvalue weighted by Crippen LogP contribution is 2.12. The van der Waals surface area contributed by atoms with Crippen LogP contribution in [0.4, 0.5) is 5.69 Å². The fraction of sp³-hybridized carbons (Fsp3) is 0.312. The van der Waals surface area contributed by atoms with Gasteiger partial charge < -0.3 is 10.1 Å². The molecule has 5 heteroatoms. The van der Waals surface area contributed by atoms with E-state index in [1.54, 1.807) is 37.3 Å². The van der Waals surface area contributed by atoms with Gasteiger partial charge in [0.05, 0.1) is 12.7 Å². The molecule has 5 nitrogen and oxygen atoms in total. The third-order valence-electron chi connectivity index (χ3n) is 2.75. The van der Waals surface area contributed by atoms with Crippen molar-refractivity contribution in [2.24, 2.45) is 0 Å². The highest BCUT2D eigenvalue weighted by atomic mass is 16.5. The number of amides is 1. The van der Waals surface area contributed by atoms with Gasteiger partial charge in [0, 0.05) is 18.5 Å². The van der Waals surface area contributed by atoms with Crippen LogP contribution < -0.4 is 5.32 Å². The molecule has 0 radical (unpaired) electrons. The summed E-state index contributed by atoms with van der Waals surface area (Å²) < 4.78 is 4.61. The van der Waals surface area contributed by atoms with Crippen LogP contribution in [0.3, 0.4) is 0 Å². The van der Waals surface area contributed by atoms with Crippen LogP contribution in [0.25, 0.3) is 0 Å². The minimum absolute atomic E-state index is 0.0120. The second kappa shape index (κ2) is 8.68. The molecule has 0 aliphatic rings. The van der Waals surface area contributed by atoms with Crippen molar-refractivity contribution in [2.45, 2.75) is 26.2 Å². The van der Waals surface area contributed by atoms with E-state index in [1.807, 2.05) is 0 Å². The summed E-state index contributed by atoms with van der Waals surface area (Å²) in [6.45, 7) is 1.78. The first kappa shape index (κ1) is 16.6. The maximum atomic E-state index is 11.7. The number of methoxy groups -OCH3 is 1. The standard InChI is InChI=1S/C16H19NO4/c1-3-6-14(18)9-5-10-15(19)17-13-8-4-7-12(11-13)16(20)21-2/h3-4,6-8,11H,5,9-10H2,1-2H3,(H,17,19)/b6-3+. The van der Waals surface area contributed by atoms with E-state index in [0.717, 1.165) is 0 Å². The van der Waals surface area contributed by atoms with Crippen molar-refractivity contribution in [3.8, 4) is 0 Å². The fourth-order valence-electron chi connectivity index (χ4n) is 1.76. The number of nitrogens with one attached hydrogen (secondary N) is 1. The Kier molecular flexibility index (Phi) is 6.87. The Bertz CT molecular complexity index is 549. The van der Waals surface area contributed by atoms with Crippen LogP contribution in [0.2, 0.25) is 0 Å². The molecule has 0 saturated heterocycles. The lowest BCUT2D eigenvalue weighted by molar-refractivity contribution is -0.116. The molecule has 21 heavy (non-hydrogen) atoms. The molecule has 1 aromatic carbocycles. The second-order valence-corrected chi connectivity index (χ2v) is 4.44. The van der Waals surface area contributed by atoms with Gasteiger partial charge in [0.1, 0.15) is 0 Å². The van der Waals surface area contributed by atoms with E-state index in [2.05, 4.69) is 10.1 Å². The van der Waals surface area contributed by atoms with Crippen LogP contribution in [-0.2, 0) is 14.3 Å². The molecule has 112 valence electrons. The Morgan fingerprint density at radius 1 is 1.24 bits per heavy atom. The summed E-state index contributed by atoms with van der Waals surface area (Å²) in [7, 11) is 1.30. The normalized spacial score (nSPS) is 10.4. The van der Waals surface area contributed by atoms with Crippen molar-refractivity contribution in [2.75, 3.05) is 12.4 Å². The molecule has 0 heterocycles. The van der Waals surface area contributed by atoms with Crippen molar-refractivity contribution in [3.63, 3.8) is 0 Å². The SMILES string of the molecule is C/C=C/C(=O)CCCC(=O)Nc1cccc(C(=O)OC)c1. The molecule has 0 aromatic heterocycles. The highest BCUT2D eigenvalue weighted by Gasteiger charge is 2.08. The number of allylic oxidation sites excluding steroid dienone is 2. The van der Waals surface area contributed by atoms with Crippen LogP contribution in [0.5, 0.6) is 0 Å². The van der Waals surface area contributed by atoms with Gasteiger partial charge in [-0.3, -0.25) is 9.59 Å². The van der Waals surface area contributed by atoms with Gasteiger partial charge in [0.15, 0.2) is 5.78 Å². The summed E-state index contributed by atoms with van der Waals surface area (Å²) >= 11 is 0. The highest BCUT2D eigenvalue weighted by molar-refractivity contribution is 5.95. The molecule has 0 saturated carbocycles. The number of ether oxygens (including phenoxy) is 1. The average molecular weight is 289 g/mol. The first-order chi connectivity index (χ1) is 10.1. The van der Waals surface area contributed by atoms with E-state index in [1.165, 1.54) is 13.2 Å². The van der Waals surface area contributed by atoms with E-state index in [9.17, 15) is 14.4 Å². The molecule has 0 fully saturated rings. The average Bonchev–Trinajstić information content (AvgIpc) is 2.47. The summed E-state index contributed by atoms with van der Waals surface area (Å²) in [6.07, 6.45) is 4.27. The zero-order valence-electron chi connectivity index (χ0n) is 12.2. The Balaban J connectivity index is 2.48. The van der Waals surface area contributed by atoms with Crippen molar-refractivity contribution in [1.82, 2.24) is 0 Å². The van der Waals surface area contributed by atoms with Crippen LogP contribution >= 0.6 is 0 Å². The predicted octanol–water partition coefficient (Wildman–Crippen LogP) is 2.73. The van der Waals surface area contributed by atoms with Gasteiger partial charge >= 0.3 is 5.97 Å². The predicted molar refractivity (Wildman–Crippen MR) is 80.1 cm³/mol. The number of esters is 1. The minimum Gasteiger partial charge on any atom is -0.465 e. The zero-order chi connectivity index (χ0) is 15.7. The van der Waals surface area contributed by atoms with Crippen molar-refractivity contribution in [3.05, 3.63) is 42.0 Å². The van der Waals surface area contributed by atoms with Crippen molar-refractivity contribution >= 4 is 23.3 Å². The molecule has 1 N–H and O–H groups in total. The topological polar surface area (TPSA) is 72.5 Å². The number of benzene rings is 1. The maximum absolute atomic E-state index is 11.7. The van der Waals surface area contributed by atoms with Crippen molar-refractivity contribution < 1.29 is 19.1 Å². The first-order valence-electron chi connectivity index (χ1n) is 6.70. The van der Waals surface area contributed by atoms with E-state index < -0.39 is 5.97 Å². The Hall–Kier alpha value is -2.43. The first-order valence-corrected chi connectivity index (χ1v) is 6.70. The summed E-state index contributed by atoms with van der Waals surface area (Å²) in [5, 5.41) is 2.69. The summed E-state index contributed by atoms with van der Waals surface area (Å²) in [4.78, 5) is 34.4. The number of carbonyl (C=O) groups is 3. The fourth-order valence-corrected chi connectivity index (χ4v) is 1.76. The number of carbonyl (C=O) groups excluding carboxylic acids is 3. The molecule has 0 atom stereocenters. The van der Waals surface area contributed by atoms with Gasteiger partial charge in [0.2, 0.25) is 5.91 Å². The maximum Gasteiger partial charge on any atom is 0.337 e. The Morgan fingerprint density at radius 3 is 2.67 bits per heavy atom. The molecule has 1 amide bonds. The zero-order valence-corrected chi connectivity index (χ0v) is 12.2. The van der Waals surface area contributed by atoms with Gasteiger partial charge in [-0.1, -0.05) is 12.1 Å². The molecular weight excluding hydrogens is 270 g/mol. The lowest BCUT2D eigenvalue weighted by Gasteiger charge is -2.06. The molecule has 1 aromatic rings. The van der Waals surface area contributed by atoms with E-state index in [-0.39, 0.29) is 18.1 Å². The number of anilines is 1. The van der Waals surface area contributed by atoms with Crippen LogP contribution in [0, 0.1) is 0 Å². The molecule has 0 spiro atoms. The Morgan fingerprint density at radius 2 is 2.00 bits per heavy atom. The summed E-state index contributed by atoms with van der Waals surface area (Å²) in [5.74, 6) is -0.633. The number of hydrogen-bond acceptors (Lipinski definition) is 4. The monoisotopic (exact) mass is 289 g/mol. The molecule has 0 bridgehead atoms. The van der Waals surface area contributed by atoms with Gasteiger partial charge in [-0.15, -0.1) is 0 Å². The third kappa shape index (κ3) is 6.03. The van der Waals surface area contributed by atoms with E-state index in [0.29, 0.717) is 24.1 Å². The Labute approximate surface area is 124 Å². The lowest BCUT2D eigenvalue weighted by atomic mass is 10.1. The molecule has 0 aliphatic carbocycles. The van der Waals surface area contributed by atoms with Crippen molar-refractivity contribution in [1.29, 1.82) is 0 Å². The van der Waals surface area contributed by atoms with Gasteiger partial charge in [-0.05, 0) is 37.6 Å². The van der Waals surface area contributed by atoms with Crippen LogP contribution in [0.15, 0.2) is 36.4 Å². The van der Waals surface area contributed by atoms with E-state index in [4.69, 9.17) is 0 Å². The number of rotatable bonds is 7. The molecule has 0 unspecified atom stereocenters. The largest absolute Gasteiger partial charge is 0.465 e. The number of ketones is 1. The van der Waals surface area contributed by atoms with Crippen LogP contribution in [-0.4, -0.2) is 24.8 Å². The molecular formula is C16H19NO4. The van der Waals surface area contributed by atoms with Gasteiger partial charge in [0.25, 0.3) is 0 Å². The van der Waals surface area contributed by atoms with Crippen LogP contribution in [0.1, 0.15) is 36.5 Å². The molecule has 0 aliphatic heterocycles. The number of hydrogen-bond donors (Lipinski definition) is 1. The minimum atomic E-state index is -0.456. The van der Waals surface area contributed by atoms with Gasteiger partial charge in [-0.25, -0.2) is 4.79 Å².